The van der Waals surface area contributed by atoms with Crippen molar-refractivity contribution in [2.45, 2.75) is 20.2 Å². The van der Waals surface area contributed by atoms with Crippen LogP contribution in [0.1, 0.15) is 13.8 Å². The molecule has 0 bridgehead atoms. The first-order valence-corrected chi connectivity index (χ1v) is 4.41. The first-order chi connectivity index (χ1) is 7.01. The fraction of sp³-hybridized carbons (Fsp3) is 0.400. The van der Waals surface area contributed by atoms with Crippen LogP contribution in [0.2, 0.25) is 0 Å². The summed E-state index contributed by atoms with van der Waals surface area (Å²) >= 11 is 0. The van der Waals surface area contributed by atoms with Gasteiger partial charge >= 0.3 is 6.36 Å². The topological polar surface area (TPSA) is 18.5 Å². The average molecular weight is 222 g/mol. The number of ether oxygens (including phenoxy) is 2. The van der Waals surface area contributed by atoms with Gasteiger partial charge in [-0.3, -0.25) is 0 Å². The molecule has 1 aromatic carbocycles. The molecule has 0 saturated heterocycles. The Morgan fingerprint density at radius 2 is 1.33 bits per heavy atom. The van der Waals surface area contributed by atoms with Crippen LogP contribution >= 0.6 is 0 Å². The van der Waals surface area contributed by atoms with Crippen molar-refractivity contribution >= 4 is 0 Å². The zero-order chi connectivity index (χ0) is 11.9. The summed E-state index contributed by atoms with van der Waals surface area (Å²) in [6.45, 7) is 4.00. The molecule has 0 saturated carbocycles. The van der Waals surface area contributed by atoms with E-state index >= 15 is 0 Å². The van der Waals surface area contributed by atoms with E-state index in [9.17, 15) is 13.2 Å². The Morgan fingerprint density at radius 3 is 1.67 bits per heavy atom. The molecule has 86 valence electrons. The van der Waals surface area contributed by atoms with Gasteiger partial charge in [0.2, 0.25) is 0 Å². The van der Waals surface area contributed by atoms with Crippen molar-refractivity contribution in [2.75, 3.05) is 7.11 Å². The molecule has 1 aromatic rings. The third-order valence-corrected chi connectivity index (χ3v) is 1.29. The molecule has 0 radical (unpaired) electrons. The molecule has 0 aliphatic heterocycles. The van der Waals surface area contributed by atoms with Crippen LogP contribution in [-0.4, -0.2) is 13.5 Å². The van der Waals surface area contributed by atoms with Crippen molar-refractivity contribution in [3.63, 3.8) is 0 Å². The number of benzene rings is 1. The molecule has 0 fully saturated rings. The summed E-state index contributed by atoms with van der Waals surface area (Å²) in [6, 6.07) is 5.15. The highest BCUT2D eigenvalue weighted by atomic mass is 19.4. The zero-order valence-corrected chi connectivity index (χ0v) is 8.76. The summed E-state index contributed by atoms with van der Waals surface area (Å²) in [4.78, 5) is 0. The fourth-order valence-corrected chi connectivity index (χ4v) is 0.777. The summed E-state index contributed by atoms with van der Waals surface area (Å²) in [5.74, 6) is 0.225. The van der Waals surface area contributed by atoms with E-state index in [-0.39, 0.29) is 5.75 Å². The first-order valence-electron chi connectivity index (χ1n) is 4.41. The Hall–Kier alpha value is -1.39. The van der Waals surface area contributed by atoms with Gasteiger partial charge in [0.25, 0.3) is 0 Å². The van der Waals surface area contributed by atoms with Crippen LogP contribution in [-0.2, 0) is 0 Å². The first kappa shape index (κ1) is 13.6. The van der Waals surface area contributed by atoms with Gasteiger partial charge < -0.3 is 9.47 Å². The van der Waals surface area contributed by atoms with Crippen LogP contribution in [0, 0.1) is 0 Å². The summed E-state index contributed by atoms with van der Waals surface area (Å²) in [5, 5.41) is 0. The number of rotatable bonds is 2. The van der Waals surface area contributed by atoms with Crippen molar-refractivity contribution in [1.29, 1.82) is 0 Å². The van der Waals surface area contributed by atoms with Gasteiger partial charge in [-0.15, -0.1) is 13.2 Å². The van der Waals surface area contributed by atoms with Crippen LogP contribution in [0.4, 0.5) is 13.2 Å². The monoisotopic (exact) mass is 222 g/mol. The second-order valence-corrected chi connectivity index (χ2v) is 2.22. The number of halogens is 3. The zero-order valence-electron chi connectivity index (χ0n) is 8.76. The highest BCUT2D eigenvalue weighted by molar-refractivity contribution is 5.31. The Labute approximate surface area is 86.6 Å². The predicted molar refractivity (Wildman–Crippen MR) is 51.0 cm³/mol. The average Bonchev–Trinajstić information content (AvgIpc) is 2.20. The van der Waals surface area contributed by atoms with E-state index in [0.717, 1.165) is 0 Å². The second-order valence-electron chi connectivity index (χ2n) is 2.22. The van der Waals surface area contributed by atoms with Gasteiger partial charge in [-0.1, -0.05) is 13.8 Å². The molecule has 2 nitrogen and oxygen atoms in total. The minimum Gasteiger partial charge on any atom is -0.497 e. The molecule has 0 amide bonds. The van der Waals surface area contributed by atoms with Gasteiger partial charge in [0, 0.05) is 0 Å². The standard InChI is InChI=1S/C8H7F3O2.C2H6/c1-12-6-2-4-7(5-3-6)13-8(9,10)11;1-2/h2-5H,1H3;1-2H3. The lowest BCUT2D eigenvalue weighted by Crippen LogP contribution is -2.16. The highest BCUT2D eigenvalue weighted by Crippen LogP contribution is 2.24. The van der Waals surface area contributed by atoms with Crippen molar-refractivity contribution < 1.29 is 22.6 Å². The van der Waals surface area contributed by atoms with Gasteiger partial charge in [0.15, 0.2) is 0 Å². The van der Waals surface area contributed by atoms with E-state index in [1.807, 2.05) is 13.8 Å². The maximum absolute atomic E-state index is 11.7. The summed E-state index contributed by atoms with van der Waals surface area (Å²) < 4.78 is 43.4. The maximum Gasteiger partial charge on any atom is 0.573 e. The number of methoxy groups -OCH3 is 1. The SMILES string of the molecule is CC.COc1ccc(OC(F)(F)F)cc1. The lowest BCUT2D eigenvalue weighted by Gasteiger charge is -2.08. The normalized spacial score (nSPS) is 10.0. The number of hydrogen-bond acceptors (Lipinski definition) is 2. The van der Waals surface area contributed by atoms with Crippen LogP contribution in [0.3, 0.4) is 0 Å². The van der Waals surface area contributed by atoms with Crippen LogP contribution in [0.15, 0.2) is 24.3 Å². The van der Waals surface area contributed by atoms with Crippen molar-refractivity contribution in [1.82, 2.24) is 0 Å². The maximum atomic E-state index is 11.7. The molecule has 0 spiro atoms. The second kappa shape index (κ2) is 6.16. The lowest BCUT2D eigenvalue weighted by molar-refractivity contribution is -0.274. The fourth-order valence-electron chi connectivity index (χ4n) is 0.777. The smallest absolute Gasteiger partial charge is 0.497 e. The van der Waals surface area contributed by atoms with E-state index in [2.05, 4.69) is 4.74 Å². The van der Waals surface area contributed by atoms with Gasteiger partial charge in [0.05, 0.1) is 7.11 Å². The molecule has 15 heavy (non-hydrogen) atoms. The van der Waals surface area contributed by atoms with Gasteiger partial charge in [-0.2, -0.15) is 0 Å². The lowest BCUT2D eigenvalue weighted by atomic mass is 10.3. The molecule has 0 atom stereocenters. The van der Waals surface area contributed by atoms with Crippen molar-refractivity contribution in [2.24, 2.45) is 0 Å². The van der Waals surface area contributed by atoms with Crippen molar-refractivity contribution in [3.8, 4) is 11.5 Å². The third kappa shape index (κ3) is 5.83. The number of alkyl halides is 3. The Kier molecular flexibility index (Phi) is 5.59. The Bertz CT molecular complexity index is 267. The molecule has 0 unspecified atom stereocenters. The Morgan fingerprint density at radius 1 is 0.933 bits per heavy atom. The number of hydrogen-bond donors (Lipinski definition) is 0. The molecular formula is C10H13F3O2. The molecule has 0 aliphatic carbocycles. The van der Waals surface area contributed by atoms with E-state index in [1.165, 1.54) is 31.4 Å². The van der Waals surface area contributed by atoms with E-state index in [4.69, 9.17) is 4.74 Å². The molecule has 0 aliphatic rings. The van der Waals surface area contributed by atoms with Crippen LogP contribution < -0.4 is 9.47 Å². The summed E-state index contributed by atoms with van der Waals surface area (Å²) in [5.41, 5.74) is 0. The molecule has 0 N–H and O–H groups in total. The van der Waals surface area contributed by atoms with Gasteiger partial charge in [0.1, 0.15) is 11.5 Å². The largest absolute Gasteiger partial charge is 0.573 e. The summed E-state index contributed by atoms with van der Waals surface area (Å²) in [6.07, 6.45) is -4.64. The van der Waals surface area contributed by atoms with Crippen LogP contribution in [0.5, 0.6) is 11.5 Å². The third-order valence-electron chi connectivity index (χ3n) is 1.29. The van der Waals surface area contributed by atoms with E-state index < -0.39 is 6.36 Å². The summed E-state index contributed by atoms with van der Waals surface area (Å²) in [7, 11) is 1.43. The molecule has 5 heteroatoms. The highest BCUT2D eigenvalue weighted by Gasteiger charge is 2.30. The minimum absolute atomic E-state index is 0.256. The predicted octanol–water partition coefficient (Wildman–Crippen LogP) is 3.62. The minimum atomic E-state index is -4.64. The molecule has 0 aromatic heterocycles. The van der Waals surface area contributed by atoms with Crippen molar-refractivity contribution in [3.05, 3.63) is 24.3 Å². The molecule has 0 heterocycles. The Balaban J connectivity index is 0.000000921. The molecular weight excluding hydrogens is 209 g/mol. The van der Waals surface area contributed by atoms with Gasteiger partial charge in [-0.25, -0.2) is 0 Å². The molecule has 1 rings (SSSR count). The van der Waals surface area contributed by atoms with E-state index in [0.29, 0.717) is 5.75 Å². The van der Waals surface area contributed by atoms with Gasteiger partial charge in [-0.05, 0) is 24.3 Å². The van der Waals surface area contributed by atoms with E-state index in [1.54, 1.807) is 0 Å². The quantitative estimate of drug-likeness (QED) is 0.760. The van der Waals surface area contributed by atoms with Crippen LogP contribution in [0.25, 0.3) is 0 Å².